The third kappa shape index (κ3) is 6.01. The van der Waals surface area contributed by atoms with Gasteiger partial charge in [0.1, 0.15) is 18.1 Å². The van der Waals surface area contributed by atoms with Crippen molar-refractivity contribution in [2.45, 2.75) is 39.7 Å². The Morgan fingerprint density at radius 1 is 0.938 bits per heavy atom. The molecule has 0 aliphatic carbocycles. The number of benzene rings is 2. The predicted molar refractivity (Wildman–Crippen MR) is 128 cm³/mol. The monoisotopic (exact) mass is 434 g/mol. The number of carbonyl (C=O) groups is 1. The van der Waals surface area contributed by atoms with Crippen LogP contribution in [0.5, 0.6) is 5.75 Å². The van der Waals surface area contributed by atoms with Gasteiger partial charge < -0.3 is 19.4 Å². The first-order chi connectivity index (χ1) is 15.4. The SMILES string of the molecule is CCN(CC)CCNC(=O)c1ccc(COc2ccc(C(C)(C)c3ccccc3)cc2)o1. The molecular formula is C27H34N2O3. The zero-order valence-corrected chi connectivity index (χ0v) is 19.6. The lowest BCUT2D eigenvalue weighted by Crippen LogP contribution is -2.34. The molecule has 3 aromatic rings. The fourth-order valence-electron chi connectivity index (χ4n) is 3.68. The van der Waals surface area contributed by atoms with Gasteiger partial charge in [0.05, 0.1) is 0 Å². The molecule has 5 nitrogen and oxygen atoms in total. The maximum atomic E-state index is 12.3. The van der Waals surface area contributed by atoms with E-state index in [2.05, 4.69) is 74.3 Å². The summed E-state index contributed by atoms with van der Waals surface area (Å²) in [6, 6.07) is 22.1. The van der Waals surface area contributed by atoms with E-state index in [1.54, 1.807) is 12.1 Å². The van der Waals surface area contributed by atoms with Gasteiger partial charge in [-0.1, -0.05) is 70.2 Å². The van der Waals surface area contributed by atoms with Crippen molar-refractivity contribution in [1.82, 2.24) is 10.2 Å². The molecule has 1 aromatic heterocycles. The second kappa shape index (κ2) is 11.0. The maximum absolute atomic E-state index is 12.3. The van der Waals surface area contributed by atoms with E-state index in [1.807, 2.05) is 18.2 Å². The summed E-state index contributed by atoms with van der Waals surface area (Å²) in [5.74, 6) is 1.49. The molecule has 0 fully saturated rings. The van der Waals surface area contributed by atoms with Crippen LogP contribution in [-0.4, -0.2) is 37.0 Å². The highest BCUT2D eigenvalue weighted by Gasteiger charge is 2.22. The van der Waals surface area contributed by atoms with Crippen LogP contribution in [0.15, 0.2) is 71.1 Å². The lowest BCUT2D eigenvalue weighted by molar-refractivity contribution is 0.0917. The number of carbonyl (C=O) groups excluding carboxylic acids is 1. The molecule has 0 saturated heterocycles. The minimum atomic E-state index is -0.198. The Morgan fingerprint density at radius 2 is 1.59 bits per heavy atom. The molecule has 3 rings (SSSR count). The van der Waals surface area contributed by atoms with Gasteiger partial charge in [0, 0.05) is 18.5 Å². The van der Waals surface area contributed by atoms with Gasteiger partial charge in [-0.3, -0.25) is 4.79 Å². The van der Waals surface area contributed by atoms with Crippen LogP contribution in [0.25, 0.3) is 0 Å². The predicted octanol–water partition coefficient (Wildman–Crippen LogP) is 5.26. The lowest BCUT2D eigenvalue weighted by Gasteiger charge is -2.26. The van der Waals surface area contributed by atoms with Gasteiger partial charge in [-0.2, -0.15) is 0 Å². The molecule has 0 radical (unpaired) electrons. The van der Waals surface area contributed by atoms with Crippen LogP contribution in [-0.2, 0) is 12.0 Å². The Hall–Kier alpha value is -3.05. The number of furan rings is 1. The van der Waals surface area contributed by atoms with E-state index >= 15 is 0 Å². The van der Waals surface area contributed by atoms with E-state index in [1.165, 1.54) is 11.1 Å². The van der Waals surface area contributed by atoms with Crippen LogP contribution in [0.3, 0.4) is 0 Å². The molecule has 5 heteroatoms. The highest BCUT2D eigenvalue weighted by Crippen LogP contribution is 2.32. The smallest absolute Gasteiger partial charge is 0.287 e. The second-order valence-corrected chi connectivity index (χ2v) is 8.35. The van der Waals surface area contributed by atoms with Crippen molar-refractivity contribution in [3.63, 3.8) is 0 Å². The third-order valence-corrected chi connectivity index (χ3v) is 5.95. The number of amides is 1. The normalized spacial score (nSPS) is 11.5. The Kier molecular flexibility index (Phi) is 8.12. The Balaban J connectivity index is 1.52. The van der Waals surface area contributed by atoms with Crippen molar-refractivity contribution in [3.05, 3.63) is 89.4 Å². The van der Waals surface area contributed by atoms with Gasteiger partial charge in [-0.05, 0) is 48.5 Å². The molecule has 1 heterocycles. The molecule has 0 spiro atoms. The molecule has 0 atom stereocenters. The van der Waals surface area contributed by atoms with Crippen LogP contribution in [0.2, 0.25) is 0 Å². The number of nitrogens with one attached hydrogen (secondary N) is 1. The largest absolute Gasteiger partial charge is 0.486 e. The molecule has 32 heavy (non-hydrogen) atoms. The molecule has 0 saturated carbocycles. The minimum Gasteiger partial charge on any atom is -0.486 e. The first-order valence-corrected chi connectivity index (χ1v) is 11.3. The number of ether oxygens (including phenoxy) is 1. The maximum Gasteiger partial charge on any atom is 0.287 e. The van der Waals surface area contributed by atoms with Gasteiger partial charge in [-0.25, -0.2) is 0 Å². The molecule has 1 amide bonds. The minimum absolute atomic E-state index is 0.0889. The summed E-state index contributed by atoms with van der Waals surface area (Å²) in [4.78, 5) is 14.5. The van der Waals surface area contributed by atoms with Crippen LogP contribution >= 0.6 is 0 Å². The number of hydrogen-bond donors (Lipinski definition) is 1. The van der Waals surface area contributed by atoms with Crippen molar-refractivity contribution in [2.75, 3.05) is 26.2 Å². The van der Waals surface area contributed by atoms with Gasteiger partial charge in [0.15, 0.2) is 5.76 Å². The molecule has 1 N–H and O–H groups in total. The highest BCUT2D eigenvalue weighted by atomic mass is 16.5. The molecular weight excluding hydrogens is 400 g/mol. The Morgan fingerprint density at radius 3 is 2.25 bits per heavy atom. The zero-order valence-electron chi connectivity index (χ0n) is 19.6. The first-order valence-electron chi connectivity index (χ1n) is 11.3. The molecule has 2 aromatic carbocycles. The number of rotatable bonds is 11. The van der Waals surface area contributed by atoms with E-state index in [-0.39, 0.29) is 17.9 Å². The van der Waals surface area contributed by atoms with E-state index in [0.29, 0.717) is 18.1 Å². The standard InChI is InChI=1S/C27H34N2O3/c1-5-29(6-2)19-18-28-26(30)25-17-16-24(32-25)20-31-23-14-12-22(13-15-23)27(3,4)21-10-8-7-9-11-21/h7-17H,5-6,18-20H2,1-4H3,(H,28,30). The van der Waals surface area contributed by atoms with Gasteiger partial charge >= 0.3 is 0 Å². The Bertz CT molecular complexity index is 974. The highest BCUT2D eigenvalue weighted by molar-refractivity contribution is 5.91. The Labute approximate surface area is 191 Å². The fourth-order valence-corrected chi connectivity index (χ4v) is 3.68. The molecule has 0 aliphatic rings. The van der Waals surface area contributed by atoms with Gasteiger partial charge in [0.2, 0.25) is 0 Å². The lowest BCUT2D eigenvalue weighted by atomic mass is 9.78. The third-order valence-electron chi connectivity index (χ3n) is 5.95. The molecule has 0 unspecified atom stereocenters. The van der Waals surface area contributed by atoms with E-state index in [4.69, 9.17) is 9.15 Å². The van der Waals surface area contributed by atoms with Crippen molar-refractivity contribution in [1.29, 1.82) is 0 Å². The van der Waals surface area contributed by atoms with E-state index in [9.17, 15) is 4.79 Å². The average molecular weight is 435 g/mol. The van der Waals surface area contributed by atoms with Crippen molar-refractivity contribution in [3.8, 4) is 5.75 Å². The quantitative estimate of drug-likeness (QED) is 0.447. The van der Waals surface area contributed by atoms with E-state index < -0.39 is 0 Å². The van der Waals surface area contributed by atoms with Crippen LogP contribution in [0.4, 0.5) is 0 Å². The summed E-state index contributed by atoms with van der Waals surface area (Å²) in [6.45, 7) is 12.3. The van der Waals surface area contributed by atoms with Crippen LogP contribution in [0, 0.1) is 0 Å². The van der Waals surface area contributed by atoms with Crippen molar-refractivity contribution < 1.29 is 13.9 Å². The summed E-state index contributed by atoms with van der Waals surface area (Å²) in [6.07, 6.45) is 0. The number of likely N-dealkylation sites (N-methyl/N-ethyl adjacent to an activating group) is 1. The number of hydrogen-bond acceptors (Lipinski definition) is 4. The summed E-state index contributed by atoms with van der Waals surface area (Å²) >= 11 is 0. The van der Waals surface area contributed by atoms with Crippen LogP contribution in [0.1, 0.15) is 55.1 Å². The van der Waals surface area contributed by atoms with Crippen molar-refractivity contribution >= 4 is 5.91 Å². The van der Waals surface area contributed by atoms with E-state index in [0.717, 1.165) is 25.4 Å². The van der Waals surface area contributed by atoms with Crippen LogP contribution < -0.4 is 10.1 Å². The summed E-state index contributed by atoms with van der Waals surface area (Å²) in [7, 11) is 0. The molecule has 0 aliphatic heterocycles. The summed E-state index contributed by atoms with van der Waals surface area (Å²) in [5, 5.41) is 2.90. The summed E-state index contributed by atoms with van der Waals surface area (Å²) < 4.78 is 11.5. The van der Waals surface area contributed by atoms with Crippen molar-refractivity contribution in [2.24, 2.45) is 0 Å². The van der Waals surface area contributed by atoms with Gasteiger partial charge in [-0.15, -0.1) is 0 Å². The second-order valence-electron chi connectivity index (χ2n) is 8.35. The molecule has 0 bridgehead atoms. The summed E-state index contributed by atoms with van der Waals surface area (Å²) in [5.41, 5.74) is 2.40. The number of nitrogens with zero attached hydrogens (tertiary/aromatic N) is 1. The topological polar surface area (TPSA) is 54.7 Å². The van der Waals surface area contributed by atoms with Gasteiger partial charge in [0.25, 0.3) is 5.91 Å². The molecule has 170 valence electrons. The zero-order chi connectivity index (χ0) is 23.0. The first kappa shape index (κ1) is 23.6. The fraction of sp³-hybridized carbons (Fsp3) is 0.370. The average Bonchev–Trinajstić information content (AvgIpc) is 3.30.